The summed E-state index contributed by atoms with van der Waals surface area (Å²) < 4.78 is 10.0. The molecule has 19 heavy (non-hydrogen) atoms. The van der Waals surface area contributed by atoms with E-state index in [4.69, 9.17) is 4.74 Å². The van der Waals surface area contributed by atoms with Crippen molar-refractivity contribution < 1.29 is 19.2 Å². The third kappa shape index (κ3) is 3.31. The molecule has 102 valence electrons. The van der Waals surface area contributed by atoms with Gasteiger partial charge in [0.2, 0.25) is 5.60 Å². The third-order valence-corrected chi connectivity index (χ3v) is 2.46. The maximum atomic E-state index is 11.5. The van der Waals surface area contributed by atoms with Gasteiger partial charge in [0.05, 0.1) is 12.0 Å². The summed E-state index contributed by atoms with van der Waals surface area (Å²) >= 11 is 0. The van der Waals surface area contributed by atoms with Crippen molar-refractivity contribution in [1.29, 1.82) is 0 Å². The first-order valence-corrected chi connectivity index (χ1v) is 5.50. The average molecular weight is 265 g/mol. The van der Waals surface area contributed by atoms with E-state index < -0.39 is 16.5 Å². The van der Waals surface area contributed by atoms with Crippen molar-refractivity contribution in [2.24, 2.45) is 0 Å². The van der Waals surface area contributed by atoms with Gasteiger partial charge in [-0.2, -0.15) is 0 Å². The molecule has 0 heterocycles. The summed E-state index contributed by atoms with van der Waals surface area (Å²) in [6.07, 6.45) is 1.53. The minimum absolute atomic E-state index is 0.00204. The highest BCUT2D eigenvalue weighted by atomic mass is 16.6. The smallest absolute Gasteiger partial charge is 0.349 e. The van der Waals surface area contributed by atoms with Crippen LogP contribution in [-0.2, 0) is 9.53 Å². The summed E-state index contributed by atoms with van der Waals surface area (Å²) in [6.45, 7) is 6.53. The number of carbonyl (C=O) groups excluding carboxylic acids is 1. The van der Waals surface area contributed by atoms with Crippen molar-refractivity contribution in [1.82, 2.24) is 0 Å². The summed E-state index contributed by atoms with van der Waals surface area (Å²) in [6, 6.07) is 4.30. The third-order valence-electron chi connectivity index (χ3n) is 2.46. The van der Waals surface area contributed by atoms with Crippen molar-refractivity contribution in [3.8, 4) is 5.75 Å². The monoisotopic (exact) mass is 265 g/mol. The second-order valence-electron chi connectivity index (χ2n) is 4.29. The minimum atomic E-state index is -1.32. The van der Waals surface area contributed by atoms with Crippen LogP contribution in [0.15, 0.2) is 24.8 Å². The van der Waals surface area contributed by atoms with Gasteiger partial charge < -0.3 is 9.47 Å². The number of hydrogen-bond donors (Lipinski definition) is 0. The van der Waals surface area contributed by atoms with E-state index in [1.54, 1.807) is 6.07 Å². The van der Waals surface area contributed by atoms with Crippen molar-refractivity contribution in [2.45, 2.75) is 19.4 Å². The van der Waals surface area contributed by atoms with Crippen LogP contribution in [0.5, 0.6) is 5.75 Å². The van der Waals surface area contributed by atoms with Crippen LogP contribution in [0.2, 0.25) is 0 Å². The molecule has 0 aliphatic carbocycles. The number of hydrogen-bond acceptors (Lipinski definition) is 5. The molecule has 6 heteroatoms. The summed E-state index contributed by atoms with van der Waals surface area (Å²) in [4.78, 5) is 21.9. The number of esters is 1. The summed E-state index contributed by atoms with van der Waals surface area (Å²) in [5.41, 5.74) is -0.886. The molecule has 1 aromatic rings. The summed E-state index contributed by atoms with van der Waals surface area (Å²) in [7, 11) is 1.22. The Kier molecular flexibility index (Phi) is 4.26. The number of benzene rings is 1. The fourth-order valence-corrected chi connectivity index (χ4v) is 1.45. The second-order valence-corrected chi connectivity index (χ2v) is 4.29. The normalized spacial score (nSPS) is 10.7. The second kappa shape index (κ2) is 5.51. The predicted molar refractivity (Wildman–Crippen MR) is 69.9 cm³/mol. The summed E-state index contributed by atoms with van der Waals surface area (Å²) in [5.74, 6) is -0.622. The molecule has 0 atom stereocenters. The van der Waals surface area contributed by atoms with E-state index in [9.17, 15) is 14.9 Å². The van der Waals surface area contributed by atoms with Crippen LogP contribution in [0, 0.1) is 10.1 Å². The Labute approximate surface area is 110 Å². The van der Waals surface area contributed by atoms with E-state index in [2.05, 4.69) is 11.3 Å². The molecule has 0 aliphatic heterocycles. The summed E-state index contributed by atoms with van der Waals surface area (Å²) in [5, 5.41) is 10.9. The Morgan fingerprint density at radius 2 is 2.11 bits per heavy atom. The molecule has 6 nitrogen and oxygen atoms in total. The zero-order valence-corrected chi connectivity index (χ0v) is 11.0. The number of nitrogens with zero attached hydrogens (tertiary/aromatic N) is 1. The predicted octanol–water partition coefficient (Wildman–Crippen LogP) is 2.57. The molecule has 0 saturated heterocycles. The van der Waals surface area contributed by atoms with Crippen LogP contribution in [0.3, 0.4) is 0 Å². The number of nitro benzene ring substituents is 1. The fourth-order valence-electron chi connectivity index (χ4n) is 1.45. The Balaban J connectivity index is 3.21. The van der Waals surface area contributed by atoms with E-state index in [0.717, 1.165) is 0 Å². The maximum Gasteiger partial charge on any atom is 0.349 e. The lowest BCUT2D eigenvalue weighted by Crippen LogP contribution is -2.39. The van der Waals surface area contributed by atoms with Crippen molar-refractivity contribution in [3.05, 3.63) is 40.5 Å². The Bertz CT molecular complexity index is 522. The highest BCUT2D eigenvalue weighted by Crippen LogP contribution is 2.31. The highest BCUT2D eigenvalue weighted by Gasteiger charge is 2.33. The van der Waals surface area contributed by atoms with E-state index >= 15 is 0 Å². The number of rotatable bonds is 5. The van der Waals surface area contributed by atoms with Gasteiger partial charge in [-0.15, -0.1) is 0 Å². The lowest BCUT2D eigenvalue weighted by molar-refractivity contribution is -0.386. The quantitative estimate of drug-likeness (QED) is 0.464. The topological polar surface area (TPSA) is 78.7 Å². The van der Waals surface area contributed by atoms with Gasteiger partial charge in [-0.1, -0.05) is 12.7 Å². The van der Waals surface area contributed by atoms with Gasteiger partial charge in [-0.3, -0.25) is 10.1 Å². The van der Waals surface area contributed by atoms with Crippen LogP contribution < -0.4 is 4.74 Å². The molecule has 0 amide bonds. The van der Waals surface area contributed by atoms with E-state index in [-0.39, 0.29) is 11.4 Å². The zero-order valence-electron chi connectivity index (χ0n) is 11.0. The van der Waals surface area contributed by atoms with Crippen LogP contribution >= 0.6 is 0 Å². The number of nitro groups is 1. The van der Waals surface area contributed by atoms with Crippen molar-refractivity contribution >= 4 is 17.7 Å². The van der Waals surface area contributed by atoms with Gasteiger partial charge in [-0.25, -0.2) is 4.79 Å². The van der Waals surface area contributed by atoms with E-state index in [1.807, 2.05) is 0 Å². The largest absolute Gasteiger partial charge is 0.469 e. The van der Waals surface area contributed by atoms with Gasteiger partial charge >= 0.3 is 11.7 Å². The molecular weight excluding hydrogens is 250 g/mol. The molecule has 1 rings (SSSR count). The van der Waals surface area contributed by atoms with Gasteiger partial charge in [0, 0.05) is 6.07 Å². The maximum absolute atomic E-state index is 11.5. The van der Waals surface area contributed by atoms with Gasteiger partial charge in [0.15, 0.2) is 5.75 Å². The van der Waals surface area contributed by atoms with Gasteiger partial charge in [0.1, 0.15) is 0 Å². The Hall–Kier alpha value is -2.37. The van der Waals surface area contributed by atoms with Crippen molar-refractivity contribution in [2.75, 3.05) is 7.11 Å². The molecular formula is C13H15NO5. The van der Waals surface area contributed by atoms with Crippen LogP contribution in [-0.4, -0.2) is 23.6 Å². The number of methoxy groups -OCH3 is 1. The number of ether oxygens (including phenoxy) is 2. The first kappa shape index (κ1) is 14.7. The first-order chi connectivity index (χ1) is 8.81. The lowest BCUT2D eigenvalue weighted by atomic mass is 10.1. The molecule has 0 saturated carbocycles. The van der Waals surface area contributed by atoms with Gasteiger partial charge in [-0.05, 0) is 31.5 Å². The average Bonchev–Trinajstić information content (AvgIpc) is 2.36. The Morgan fingerprint density at radius 3 is 2.58 bits per heavy atom. The van der Waals surface area contributed by atoms with Gasteiger partial charge in [0.25, 0.3) is 0 Å². The molecule has 0 N–H and O–H groups in total. The van der Waals surface area contributed by atoms with Crippen LogP contribution in [0.1, 0.15) is 19.4 Å². The molecule has 0 fully saturated rings. The SMILES string of the molecule is C=Cc1ccc([N+](=O)[O-])c(OC(C)(C)C(=O)OC)c1. The van der Waals surface area contributed by atoms with Crippen LogP contribution in [0.4, 0.5) is 5.69 Å². The van der Waals surface area contributed by atoms with E-state index in [0.29, 0.717) is 5.56 Å². The van der Waals surface area contributed by atoms with E-state index in [1.165, 1.54) is 39.2 Å². The molecule has 0 bridgehead atoms. The standard InChI is InChI=1S/C13H15NO5/c1-5-9-6-7-10(14(16)17)11(8-9)19-13(2,3)12(15)18-4/h5-8H,1H2,2-4H3. The highest BCUT2D eigenvalue weighted by molar-refractivity contribution is 5.79. The first-order valence-electron chi connectivity index (χ1n) is 5.50. The molecule has 0 spiro atoms. The molecule has 0 aromatic heterocycles. The fraction of sp³-hybridized carbons (Fsp3) is 0.308. The molecule has 0 radical (unpaired) electrons. The molecule has 1 aromatic carbocycles. The minimum Gasteiger partial charge on any atom is -0.469 e. The van der Waals surface area contributed by atoms with Crippen LogP contribution in [0.25, 0.3) is 6.08 Å². The zero-order chi connectivity index (χ0) is 14.6. The molecule has 0 unspecified atom stereocenters. The number of carbonyl (C=O) groups is 1. The lowest BCUT2D eigenvalue weighted by Gasteiger charge is -2.23. The Morgan fingerprint density at radius 1 is 1.47 bits per heavy atom. The van der Waals surface area contributed by atoms with Crippen molar-refractivity contribution in [3.63, 3.8) is 0 Å². The molecule has 0 aliphatic rings.